The van der Waals surface area contributed by atoms with Gasteiger partial charge >= 0.3 is 0 Å². The maximum Gasteiger partial charge on any atom is 0.146 e. The molecule has 0 bridgehead atoms. The molecule has 0 saturated carbocycles. The third kappa shape index (κ3) is 2.17. The van der Waals surface area contributed by atoms with Gasteiger partial charge in [0.25, 0.3) is 0 Å². The van der Waals surface area contributed by atoms with Gasteiger partial charge in [0.05, 0.1) is 6.54 Å². The smallest absolute Gasteiger partial charge is 0.146 e. The van der Waals surface area contributed by atoms with Gasteiger partial charge in [-0.3, -0.25) is 0 Å². The van der Waals surface area contributed by atoms with Crippen molar-refractivity contribution in [2.75, 3.05) is 0 Å². The molecule has 0 amide bonds. The standard InChI is InChI=1S/C8H14N4/c1-4-7(2)9-5-8-11-10-6-12(8)3/h4,6-7,9H,1,5H2,2-3H3. The highest BCUT2D eigenvalue weighted by Gasteiger charge is 2.00. The zero-order valence-corrected chi connectivity index (χ0v) is 7.49. The molecule has 1 aromatic heterocycles. The monoisotopic (exact) mass is 166 g/mol. The molecule has 1 N–H and O–H groups in total. The lowest BCUT2D eigenvalue weighted by Crippen LogP contribution is -2.24. The summed E-state index contributed by atoms with van der Waals surface area (Å²) in [5, 5.41) is 10.9. The number of nitrogens with one attached hydrogen (secondary N) is 1. The molecule has 1 unspecified atom stereocenters. The molecule has 1 heterocycles. The molecule has 12 heavy (non-hydrogen) atoms. The van der Waals surface area contributed by atoms with Gasteiger partial charge in [0, 0.05) is 13.1 Å². The van der Waals surface area contributed by atoms with Gasteiger partial charge in [-0.05, 0) is 6.92 Å². The van der Waals surface area contributed by atoms with Crippen LogP contribution in [0.4, 0.5) is 0 Å². The molecule has 4 heteroatoms. The summed E-state index contributed by atoms with van der Waals surface area (Å²) in [5.74, 6) is 0.934. The van der Waals surface area contributed by atoms with Crippen LogP contribution in [0.15, 0.2) is 19.0 Å². The predicted octanol–water partition coefficient (Wildman–Crippen LogP) is 0.479. The van der Waals surface area contributed by atoms with Crippen molar-refractivity contribution in [3.8, 4) is 0 Å². The van der Waals surface area contributed by atoms with Crippen molar-refractivity contribution in [3.63, 3.8) is 0 Å². The van der Waals surface area contributed by atoms with Gasteiger partial charge in [0.15, 0.2) is 0 Å². The van der Waals surface area contributed by atoms with Crippen molar-refractivity contribution in [2.45, 2.75) is 19.5 Å². The second-order valence-corrected chi connectivity index (χ2v) is 2.76. The van der Waals surface area contributed by atoms with Crippen molar-refractivity contribution < 1.29 is 0 Å². The normalized spacial score (nSPS) is 12.8. The maximum absolute atomic E-state index is 3.94. The van der Waals surface area contributed by atoms with E-state index in [1.54, 1.807) is 6.33 Å². The second-order valence-electron chi connectivity index (χ2n) is 2.76. The zero-order chi connectivity index (χ0) is 8.97. The van der Waals surface area contributed by atoms with Gasteiger partial charge in [-0.1, -0.05) is 6.08 Å². The summed E-state index contributed by atoms with van der Waals surface area (Å²) >= 11 is 0. The Balaban J connectivity index is 2.43. The first kappa shape index (κ1) is 8.93. The molecule has 0 aromatic carbocycles. The molecule has 0 fully saturated rings. The molecule has 0 aliphatic heterocycles. The minimum Gasteiger partial charge on any atom is -0.320 e. The van der Waals surface area contributed by atoms with Crippen LogP contribution in [0.25, 0.3) is 0 Å². The van der Waals surface area contributed by atoms with Gasteiger partial charge in [0.1, 0.15) is 12.2 Å². The van der Waals surface area contributed by atoms with Crippen molar-refractivity contribution in [1.29, 1.82) is 0 Å². The number of rotatable bonds is 4. The molecule has 1 aromatic rings. The van der Waals surface area contributed by atoms with Gasteiger partial charge < -0.3 is 9.88 Å². The molecular formula is C8H14N4. The molecule has 0 saturated heterocycles. The number of aryl methyl sites for hydroxylation is 1. The molecule has 1 atom stereocenters. The van der Waals surface area contributed by atoms with E-state index in [1.165, 1.54) is 0 Å². The number of hydrogen-bond acceptors (Lipinski definition) is 3. The lowest BCUT2D eigenvalue weighted by Gasteiger charge is -2.07. The van der Waals surface area contributed by atoms with E-state index in [-0.39, 0.29) is 0 Å². The van der Waals surface area contributed by atoms with Crippen LogP contribution in [0.3, 0.4) is 0 Å². The Kier molecular flexibility index (Phi) is 2.99. The molecule has 4 nitrogen and oxygen atoms in total. The van der Waals surface area contributed by atoms with Gasteiger partial charge in [-0.15, -0.1) is 16.8 Å². The van der Waals surface area contributed by atoms with Crippen LogP contribution in [-0.2, 0) is 13.6 Å². The van der Waals surface area contributed by atoms with Crippen molar-refractivity contribution in [2.24, 2.45) is 7.05 Å². The zero-order valence-electron chi connectivity index (χ0n) is 7.49. The SMILES string of the molecule is C=CC(C)NCc1nncn1C. The molecule has 0 spiro atoms. The number of nitrogens with zero attached hydrogens (tertiary/aromatic N) is 3. The van der Waals surface area contributed by atoms with E-state index < -0.39 is 0 Å². The summed E-state index contributed by atoms with van der Waals surface area (Å²) in [6.07, 6.45) is 3.55. The van der Waals surface area contributed by atoms with E-state index in [9.17, 15) is 0 Å². The summed E-state index contributed by atoms with van der Waals surface area (Å²) < 4.78 is 1.89. The Bertz CT molecular complexity index is 253. The quantitative estimate of drug-likeness (QED) is 0.661. The van der Waals surface area contributed by atoms with Crippen LogP contribution in [0.1, 0.15) is 12.7 Å². The van der Waals surface area contributed by atoms with Crippen LogP contribution < -0.4 is 5.32 Å². The highest BCUT2D eigenvalue weighted by atomic mass is 15.3. The van der Waals surface area contributed by atoms with Crippen LogP contribution in [0, 0.1) is 0 Å². The summed E-state index contributed by atoms with van der Waals surface area (Å²) in [5.41, 5.74) is 0. The average molecular weight is 166 g/mol. The highest BCUT2D eigenvalue weighted by molar-refractivity contribution is 4.87. The van der Waals surface area contributed by atoms with Crippen LogP contribution in [0.2, 0.25) is 0 Å². The third-order valence-corrected chi connectivity index (χ3v) is 1.74. The summed E-state index contributed by atoms with van der Waals surface area (Å²) in [7, 11) is 1.93. The van der Waals surface area contributed by atoms with E-state index in [0.29, 0.717) is 6.04 Å². The average Bonchev–Trinajstić information content (AvgIpc) is 2.47. The predicted molar refractivity (Wildman–Crippen MR) is 47.5 cm³/mol. The van der Waals surface area contributed by atoms with Crippen molar-refractivity contribution >= 4 is 0 Å². The fraction of sp³-hybridized carbons (Fsp3) is 0.500. The van der Waals surface area contributed by atoms with Gasteiger partial charge in [-0.2, -0.15) is 0 Å². The van der Waals surface area contributed by atoms with E-state index in [4.69, 9.17) is 0 Å². The summed E-state index contributed by atoms with van der Waals surface area (Å²) in [6.45, 7) is 6.45. The van der Waals surface area contributed by atoms with Gasteiger partial charge in [0.2, 0.25) is 0 Å². The number of aromatic nitrogens is 3. The first-order valence-electron chi connectivity index (χ1n) is 3.93. The van der Waals surface area contributed by atoms with Crippen molar-refractivity contribution in [1.82, 2.24) is 20.1 Å². The van der Waals surface area contributed by atoms with E-state index in [2.05, 4.69) is 22.1 Å². The lowest BCUT2D eigenvalue weighted by atomic mass is 10.3. The van der Waals surface area contributed by atoms with E-state index in [0.717, 1.165) is 12.4 Å². The third-order valence-electron chi connectivity index (χ3n) is 1.74. The summed E-state index contributed by atoms with van der Waals surface area (Å²) in [6, 6.07) is 0.307. The van der Waals surface area contributed by atoms with Crippen LogP contribution >= 0.6 is 0 Å². The minimum absolute atomic E-state index is 0.307. The summed E-state index contributed by atoms with van der Waals surface area (Å²) in [4.78, 5) is 0. The Morgan fingerprint density at radius 2 is 2.58 bits per heavy atom. The van der Waals surface area contributed by atoms with Crippen molar-refractivity contribution in [3.05, 3.63) is 24.8 Å². The highest BCUT2D eigenvalue weighted by Crippen LogP contribution is 1.91. The van der Waals surface area contributed by atoms with E-state index >= 15 is 0 Å². The Hall–Kier alpha value is -1.16. The Morgan fingerprint density at radius 3 is 3.08 bits per heavy atom. The van der Waals surface area contributed by atoms with Crippen LogP contribution in [-0.4, -0.2) is 20.8 Å². The molecular weight excluding hydrogens is 152 g/mol. The largest absolute Gasteiger partial charge is 0.320 e. The molecule has 0 radical (unpaired) electrons. The topological polar surface area (TPSA) is 42.7 Å². The molecule has 0 aliphatic carbocycles. The lowest BCUT2D eigenvalue weighted by molar-refractivity contribution is 0.596. The molecule has 0 aliphatic rings. The van der Waals surface area contributed by atoms with Crippen LogP contribution in [0.5, 0.6) is 0 Å². The Labute approximate surface area is 72.3 Å². The first-order chi connectivity index (χ1) is 5.74. The van der Waals surface area contributed by atoms with E-state index in [1.807, 2.05) is 24.6 Å². The first-order valence-corrected chi connectivity index (χ1v) is 3.93. The second kappa shape index (κ2) is 4.01. The Morgan fingerprint density at radius 1 is 1.83 bits per heavy atom. The molecule has 1 rings (SSSR count). The fourth-order valence-electron chi connectivity index (χ4n) is 0.803. The van der Waals surface area contributed by atoms with Gasteiger partial charge in [-0.25, -0.2) is 0 Å². The fourth-order valence-corrected chi connectivity index (χ4v) is 0.803. The minimum atomic E-state index is 0.307. The molecule has 66 valence electrons. The maximum atomic E-state index is 3.94. The number of hydrogen-bond donors (Lipinski definition) is 1.